The molecule has 104 valence electrons. The minimum atomic E-state index is -0.425. The molecule has 0 aromatic heterocycles. The highest BCUT2D eigenvalue weighted by Gasteiger charge is 2.36. The lowest BCUT2D eigenvalue weighted by Crippen LogP contribution is -2.30. The highest BCUT2D eigenvalue weighted by molar-refractivity contribution is 6.31. The van der Waals surface area contributed by atoms with Gasteiger partial charge in [-0.2, -0.15) is 0 Å². The van der Waals surface area contributed by atoms with Crippen LogP contribution in [0, 0.1) is 21.4 Å². The molecular formula is C14H19ClN2O2. The highest BCUT2D eigenvalue weighted by Crippen LogP contribution is 2.44. The number of nitrogens with two attached hydrogens (primary N) is 1. The molecule has 0 spiro atoms. The van der Waals surface area contributed by atoms with E-state index in [1.165, 1.54) is 18.6 Å². The zero-order chi connectivity index (χ0) is 14.0. The molecule has 1 fully saturated rings. The van der Waals surface area contributed by atoms with Crippen molar-refractivity contribution in [1.82, 2.24) is 0 Å². The largest absolute Gasteiger partial charge is 0.330 e. The topological polar surface area (TPSA) is 69.2 Å². The van der Waals surface area contributed by atoms with E-state index in [1.54, 1.807) is 6.07 Å². The summed E-state index contributed by atoms with van der Waals surface area (Å²) in [6.07, 6.45) is 4.22. The number of halogens is 1. The van der Waals surface area contributed by atoms with Crippen LogP contribution in [0.5, 0.6) is 0 Å². The molecule has 19 heavy (non-hydrogen) atoms. The van der Waals surface area contributed by atoms with Gasteiger partial charge in [-0.3, -0.25) is 10.1 Å². The minimum Gasteiger partial charge on any atom is -0.330 e. The summed E-state index contributed by atoms with van der Waals surface area (Å²) in [7, 11) is 0. The lowest BCUT2D eigenvalue weighted by Gasteiger charge is -2.28. The summed E-state index contributed by atoms with van der Waals surface area (Å²) >= 11 is 6.16. The van der Waals surface area contributed by atoms with Crippen molar-refractivity contribution in [3.63, 3.8) is 0 Å². The minimum absolute atomic E-state index is 0.0374. The molecule has 1 aromatic rings. The van der Waals surface area contributed by atoms with Crippen molar-refractivity contribution in [2.45, 2.75) is 32.6 Å². The molecule has 0 radical (unpaired) electrons. The summed E-state index contributed by atoms with van der Waals surface area (Å²) < 4.78 is 0. The van der Waals surface area contributed by atoms with Gasteiger partial charge < -0.3 is 5.73 Å². The van der Waals surface area contributed by atoms with E-state index in [9.17, 15) is 10.1 Å². The Kier molecular flexibility index (Phi) is 4.11. The molecule has 0 heterocycles. The van der Waals surface area contributed by atoms with Crippen LogP contribution < -0.4 is 5.73 Å². The van der Waals surface area contributed by atoms with Gasteiger partial charge in [0.25, 0.3) is 5.69 Å². The predicted molar refractivity (Wildman–Crippen MR) is 76.3 cm³/mol. The Morgan fingerprint density at radius 1 is 1.58 bits per heavy atom. The third-order valence-electron chi connectivity index (χ3n) is 4.19. The van der Waals surface area contributed by atoms with Gasteiger partial charge in [0.2, 0.25) is 0 Å². The van der Waals surface area contributed by atoms with Crippen LogP contribution in [0.4, 0.5) is 5.69 Å². The van der Waals surface area contributed by atoms with Crippen LogP contribution in [-0.2, 0) is 6.42 Å². The van der Waals surface area contributed by atoms with Crippen LogP contribution in [-0.4, -0.2) is 11.5 Å². The average molecular weight is 283 g/mol. The van der Waals surface area contributed by atoms with E-state index in [1.807, 2.05) is 0 Å². The Balaban J connectivity index is 2.21. The molecule has 2 unspecified atom stereocenters. The quantitative estimate of drug-likeness (QED) is 0.678. The van der Waals surface area contributed by atoms with E-state index in [0.29, 0.717) is 17.5 Å². The van der Waals surface area contributed by atoms with Crippen LogP contribution in [0.1, 0.15) is 31.7 Å². The molecule has 0 amide bonds. The van der Waals surface area contributed by atoms with Crippen LogP contribution in [0.15, 0.2) is 18.2 Å². The van der Waals surface area contributed by atoms with Crippen molar-refractivity contribution in [3.05, 3.63) is 38.9 Å². The molecule has 2 atom stereocenters. The van der Waals surface area contributed by atoms with Gasteiger partial charge in [0.15, 0.2) is 0 Å². The number of nitro benzene ring substituents is 1. The molecule has 1 saturated carbocycles. The second-order valence-electron chi connectivity index (χ2n) is 5.76. The monoisotopic (exact) mass is 282 g/mol. The maximum atomic E-state index is 10.7. The van der Waals surface area contributed by atoms with Gasteiger partial charge in [0, 0.05) is 12.1 Å². The second-order valence-corrected chi connectivity index (χ2v) is 6.17. The molecule has 1 aliphatic carbocycles. The van der Waals surface area contributed by atoms with Crippen molar-refractivity contribution < 1.29 is 4.92 Å². The number of hydrogen-bond donors (Lipinski definition) is 1. The lowest BCUT2D eigenvalue weighted by molar-refractivity contribution is -0.384. The number of rotatable bonds is 4. The predicted octanol–water partition coefficient (Wildman–Crippen LogP) is 3.56. The van der Waals surface area contributed by atoms with Gasteiger partial charge in [-0.1, -0.05) is 31.0 Å². The number of nitrogens with zero attached hydrogens (tertiary/aromatic N) is 1. The summed E-state index contributed by atoms with van der Waals surface area (Å²) in [5, 5.41) is 11.2. The van der Waals surface area contributed by atoms with Crippen molar-refractivity contribution in [2.24, 2.45) is 17.1 Å². The molecule has 2 N–H and O–H groups in total. The highest BCUT2D eigenvalue weighted by atomic mass is 35.5. The van der Waals surface area contributed by atoms with Gasteiger partial charge >= 0.3 is 0 Å². The van der Waals surface area contributed by atoms with Crippen molar-refractivity contribution >= 4 is 17.3 Å². The Morgan fingerprint density at radius 3 is 2.79 bits per heavy atom. The Labute approximate surface area is 118 Å². The standard InChI is InChI=1S/C14H19ClN2O2/c1-10-4-5-14(7-10,9-16)8-11-2-3-12(17(18)19)6-13(11)15/h2-3,6,10H,4-5,7-9,16H2,1H3. The lowest BCUT2D eigenvalue weighted by atomic mass is 9.79. The number of benzene rings is 1. The summed E-state index contributed by atoms with van der Waals surface area (Å²) in [4.78, 5) is 10.3. The van der Waals surface area contributed by atoms with E-state index >= 15 is 0 Å². The zero-order valence-corrected chi connectivity index (χ0v) is 11.8. The smallest absolute Gasteiger partial charge is 0.270 e. The molecule has 0 bridgehead atoms. The summed E-state index contributed by atoms with van der Waals surface area (Å²) in [6, 6.07) is 4.71. The van der Waals surface area contributed by atoms with E-state index in [0.717, 1.165) is 24.8 Å². The Bertz CT molecular complexity index is 492. The van der Waals surface area contributed by atoms with E-state index in [4.69, 9.17) is 17.3 Å². The fraction of sp³-hybridized carbons (Fsp3) is 0.571. The molecule has 5 heteroatoms. The second kappa shape index (κ2) is 5.47. The average Bonchev–Trinajstić information content (AvgIpc) is 2.74. The molecule has 0 saturated heterocycles. The van der Waals surface area contributed by atoms with Crippen LogP contribution in [0.3, 0.4) is 0 Å². The van der Waals surface area contributed by atoms with Crippen LogP contribution in [0.2, 0.25) is 5.02 Å². The van der Waals surface area contributed by atoms with Gasteiger partial charge in [0.1, 0.15) is 0 Å². The van der Waals surface area contributed by atoms with E-state index in [2.05, 4.69) is 6.92 Å². The summed E-state index contributed by atoms with van der Waals surface area (Å²) in [5.74, 6) is 0.695. The fourth-order valence-electron chi connectivity index (χ4n) is 3.11. The number of non-ortho nitro benzene ring substituents is 1. The third-order valence-corrected chi connectivity index (χ3v) is 4.55. The van der Waals surface area contributed by atoms with E-state index in [-0.39, 0.29) is 11.1 Å². The first-order valence-corrected chi connectivity index (χ1v) is 6.96. The molecule has 0 aliphatic heterocycles. The first kappa shape index (κ1) is 14.3. The fourth-order valence-corrected chi connectivity index (χ4v) is 3.35. The normalized spacial score (nSPS) is 26.6. The van der Waals surface area contributed by atoms with Gasteiger partial charge in [-0.25, -0.2) is 0 Å². The Hall–Kier alpha value is -1.13. The number of nitro groups is 1. The third kappa shape index (κ3) is 3.07. The van der Waals surface area contributed by atoms with Crippen LogP contribution >= 0.6 is 11.6 Å². The van der Waals surface area contributed by atoms with Crippen molar-refractivity contribution in [1.29, 1.82) is 0 Å². The van der Waals surface area contributed by atoms with Gasteiger partial charge in [-0.15, -0.1) is 0 Å². The maximum Gasteiger partial charge on any atom is 0.270 e. The van der Waals surface area contributed by atoms with Gasteiger partial charge in [-0.05, 0) is 42.7 Å². The summed E-state index contributed by atoms with van der Waals surface area (Å²) in [6.45, 7) is 2.89. The Morgan fingerprint density at radius 2 is 2.32 bits per heavy atom. The first-order chi connectivity index (χ1) is 8.96. The summed E-state index contributed by atoms with van der Waals surface area (Å²) in [5.41, 5.74) is 7.07. The molecule has 1 aliphatic rings. The van der Waals surface area contributed by atoms with Crippen molar-refractivity contribution in [3.8, 4) is 0 Å². The van der Waals surface area contributed by atoms with Crippen LogP contribution in [0.25, 0.3) is 0 Å². The van der Waals surface area contributed by atoms with Crippen molar-refractivity contribution in [2.75, 3.05) is 6.54 Å². The maximum absolute atomic E-state index is 10.7. The molecular weight excluding hydrogens is 264 g/mol. The molecule has 2 rings (SSSR count). The molecule has 1 aromatic carbocycles. The van der Waals surface area contributed by atoms with E-state index < -0.39 is 4.92 Å². The molecule has 4 nitrogen and oxygen atoms in total. The van der Waals surface area contributed by atoms with Gasteiger partial charge in [0.05, 0.1) is 9.95 Å². The zero-order valence-electron chi connectivity index (χ0n) is 11.1. The SMILES string of the molecule is CC1CCC(CN)(Cc2ccc([N+](=O)[O-])cc2Cl)C1. The number of hydrogen-bond acceptors (Lipinski definition) is 3. The first-order valence-electron chi connectivity index (χ1n) is 6.59.